The SMILES string of the molecule is C[C@@H](NC(=O)c1[nH]c(=O)[nH]c(=O)c1N)c1cccc(/C(C=N)=C/NCc2nc3ccccc3s2)c1. The second-order valence-corrected chi connectivity index (χ2v) is 8.83. The van der Waals surface area contributed by atoms with Crippen LogP contribution in [0.3, 0.4) is 0 Å². The Labute approximate surface area is 203 Å². The van der Waals surface area contributed by atoms with Crippen molar-refractivity contribution in [2.45, 2.75) is 19.5 Å². The molecule has 178 valence electrons. The Balaban J connectivity index is 1.47. The molecule has 0 fully saturated rings. The predicted molar refractivity (Wildman–Crippen MR) is 138 cm³/mol. The van der Waals surface area contributed by atoms with E-state index in [-0.39, 0.29) is 11.4 Å². The highest BCUT2D eigenvalue weighted by atomic mass is 32.1. The summed E-state index contributed by atoms with van der Waals surface area (Å²) in [5.74, 6) is -0.677. The lowest BCUT2D eigenvalue weighted by atomic mass is 10.0. The minimum atomic E-state index is -0.826. The van der Waals surface area contributed by atoms with Gasteiger partial charge in [0.15, 0.2) is 0 Å². The number of nitrogens with one attached hydrogen (secondary N) is 5. The van der Waals surface area contributed by atoms with Gasteiger partial charge in [-0.05, 0) is 36.2 Å². The van der Waals surface area contributed by atoms with Gasteiger partial charge in [0.05, 0.1) is 22.8 Å². The first-order valence-corrected chi connectivity index (χ1v) is 11.5. The van der Waals surface area contributed by atoms with Gasteiger partial charge in [0, 0.05) is 18.0 Å². The average Bonchev–Trinajstić information content (AvgIpc) is 3.27. The predicted octanol–water partition coefficient (Wildman–Crippen LogP) is 2.53. The summed E-state index contributed by atoms with van der Waals surface area (Å²) in [5, 5.41) is 14.7. The van der Waals surface area contributed by atoms with E-state index in [4.69, 9.17) is 11.1 Å². The first kappa shape index (κ1) is 23.6. The number of amides is 1. The number of allylic oxidation sites excluding steroid dienone is 1. The number of nitrogens with zero attached hydrogens (tertiary/aromatic N) is 1. The van der Waals surface area contributed by atoms with Gasteiger partial charge >= 0.3 is 5.69 Å². The molecule has 0 saturated carbocycles. The molecule has 35 heavy (non-hydrogen) atoms. The summed E-state index contributed by atoms with van der Waals surface area (Å²) in [6.45, 7) is 2.29. The van der Waals surface area contributed by atoms with Crippen molar-refractivity contribution >= 4 is 44.9 Å². The third-order valence-electron chi connectivity index (χ3n) is 5.28. The number of hydrogen-bond donors (Lipinski definition) is 6. The number of anilines is 1. The van der Waals surface area contributed by atoms with E-state index in [9.17, 15) is 14.4 Å². The molecule has 11 heteroatoms. The standard InChI is InChI=1S/C24H23N7O3S/c1-13(28-23(33)21-20(26)22(32)31-24(34)30-21)14-5-4-6-15(9-14)16(10-25)11-27-12-19-29-17-7-2-3-8-18(17)35-19/h2-11,13,25,27H,12,26H2,1H3,(H,28,33)(H2,30,31,32,34)/b16-11+,25-10?/t13-/m1/s1. The maximum absolute atomic E-state index is 12.6. The van der Waals surface area contributed by atoms with Crippen LogP contribution in [-0.4, -0.2) is 27.1 Å². The quantitative estimate of drug-likeness (QED) is 0.208. The number of aromatic nitrogens is 3. The summed E-state index contributed by atoms with van der Waals surface area (Å²) >= 11 is 1.61. The number of H-pyrrole nitrogens is 2. The molecule has 7 N–H and O–H groups in total. The third kappa shape index (κ3) is 5.36. The molecular weight excluding hydrogens is 466 g/mol. The largest absolute Gasteiger partial charge is 0.392 e. The first-order valence-electron chi connectivity index (χ1n) is 10.7. The van der Waals surface area contributed by atoms with Gasteiger partial charge in [-0.3, -0.25) is 14.6 Å². The van der Waals surface area contributed by atoms with Crippen LogP contribution in [0.4, 0.5) is 5.69 Å². The Kier molecular flexibility index (Phi) is 6.88. The molecule has 1 amide bonds. The zero-order valence-electron chi connectivity index (χ0n) is 18.7. The fourth-order valence-corrected chi connectivity index (χ4v) is 4.39. The summed E-state index contributed by atoms with van der Waals surface area (Å²) in [6.07, 6.45) is 3.00. The van der Waals surface area contributed by atoms with E-state index >= 15 is 0 Å². The number of rotatable bonds is 8. The molecule has 0 aliphatic heterocycles. The van der Waals surface area contributed by atoms with E-state index in [1.165, 1.54) is 6.21 Å². The van der Waals surface area contributed by atoms with Gasteiger partial charge in [0.25, 0.3) is 11.5 Å². The molecule has 0 bridgehead atoms. The van der Waals surface area contributed by atoms with Crippen LogP contribution in [-0.2, 0) is 6.54 Å². The number of aromatic amines is 2. The van der Waals surface area contributed by atoms with Crippen molar-refractivity contribution in [3.8, 4) is 0 Å². The molecule has 4 rings (SSSR count). The summed E-state index contributed by atoms with van der Waals surface area (Å²) < 4.78 is 1.12. The molecule has 0 aliphatic carbocycles. The number of thiazole rings is 1. The maximum atomic E-state index is 12.6. The van der Waals surface area contributed by atoms with Crippen molar-refractivity contribution in [2.75, 3.05) is 5.73 Å². The topological polar surface area (TPSA) is 170 Å². The van der Waals surface area contributed by atoms with E-state index in [1.807, 2.05) is 53.5 Å². The highest BCUT2D eigenvalue weighted by Gasteiger charge is 2.17. The Morgan fingerprint density at radius 1 is 1.20 bits per heavy atom. The summed E-state index contributed by atoms with van der Waals surface area (Å²) in [4.78, 5) is 44.6. The minimum Gasteiger partial charge on any atom is -0.392 e. The fourth-order valence-electron chi connectivity index (χ4n) is 3.47. The van der Waals surface area contributed by atoms with E-state index in [0.29, 0.717) is 12.1 Å². The monoisotopic (exact) mass is 489 g/mol. The van der Waals surface area contributed by atoms with E-state index in [1.54, 1.807) is 24.5 Å². The molecule has 0 unspecified atom stereocenters. The number of para-hydroxylation sites is 1. The second-order valence-electron chi connectivity index (χ2n) is 7.72. The van der Waals surface area contributed by atoms with Crippen molar-refractivity contribution in [3.05, 3.63) is 97.4 Å². The zero-order chi connectivity index (χ0) is 24.9. The number of benzene rings is 2. The Hall–Kier alpha value is -4.51. The van der Waals surface area contributed by atoms with Crippen LogP contribution in [0.25, 0.3) is 15.8 Å². The van der Waals surface area contributed by atoms with Crippen LogP contribution in [0.2, 0.25) is 0 Å². The number of carbonyl (C=O) groups excluding carboxylic acids is 1. The van der Waals surface area contributed by atoms with Gasteiger partial charge in [-0.2, -0.15) is 0 Å². The third-order valence-corrected chi connectivity index (χ3v) is 6.32. The highest BCUT2D eigenvalue weighted by molar-refractivity contribution is 7.18. The van der Waals surface area contributed by atoms with Gasteiger partial charge in [0.2, 0.25) is 0 Å². The van der Waals surface area contributed by atoms with E-state index < -0.39 is 23.2 Å². The highest BCUT2D eigenvalue weighted by Crippen LogP contribution is 2.22. The Bertz CT molecular complexity index is 1520. The molecule has 2 heterocycles. The molecule has 0 radical (unpaired) electrons. The molecule has 0 spiro atoms. The van der Waals surface area contributed by atoms with Crippen LogP contribution in [0.15, 0.2) is 64.3 Å². The number of hydrogen-bond acceptors (Lipinski definition) is 8. The van der Waals surface area contributed by atoms with Gasteiger partial charge in [-0.25, -0.2) is 9.78 Å². The molecule has 1 atom stereocenters. The smallest absolute Gasteiger partial charge is 0.326 e. The van der Waals surface area contributed by atoms with Crippen molar-refractivity contribution in [1.82, 2.24) is 25.6 Å². The van der Waals surface area contributed by atoms with E-state index in [2.05, 4.69) is 20.6 Å². The van der Waals surface area contributed by atoms with Gasteiger partial charge in [0.1, 0.15) is 16.4 Å². The van der Waals surface area contributed by atoms with Crippen LogP contribution < -0.4 is 27.6 Å². The molecule has 0 saturated heterocycles. The van der Waals surface area contributed by atoms with Crippen molar-refractivity contribution < 1.29 is 4.79 Å². The van der Waals surface area contributed by atoms with Gasteiger partial charge < -0.3 is 26.8 Å². The lowest BCUT2D eigenvalue weighted by Gasteiger charge is -2.16. The van der Waals surface area contributed by atoms with Crippen LogP contribution in [0.1, 0.15) is 39.6 Å². The second kappa shape index (κ2) is 10.2. The number of nitrogen functional groups attached to an aromatic ring is 1. The molecule has 2 aromatic carbocycles. The lowest BCUT2D eigenvalue weighted by Crippen LogP contribution is -2.34. The molecule has 4 aromatic rings. The maximum Gasteiger partial charge on any atom is 0.326 e. The van der Waals surface area contributed by atoms with Gasteiger partial charge in [-0.1, -0.05) is 30.3 Å². The Morgan fingerprint density at radius 3 is 2.77 bits per heavy atom. The normalized spacial score (nSPS) is 12.3. The fraction of sp³-hybridized carbons (Fsp3) is 0.125. The molecule has 0 aliphatic rings. The first-order chi connectivity index (χ1) is 16.9. The molecule has 10 nitrogen and oxygen atoms in total. The number of carbonyl (C=O) groups is 1. The zero-order valence-corrected chi connectivity index (χ0v) is 19.5. The van der Waals surface area contributed by atoms with Crippen molar-refractivity contribution in [3.63, 3.8) is 0 Å². The number of fused-ring (bicyclic) bond motifs is 1. The van der Waals surface area contributed by atoms with Crippen LogP contribution in [0.5, 0.6) is 0 Å². The molecule has 2 aromatic heterocycles. The van der Waals surface area contributed by atoms with Crippen LogP contribution in [0, 0.1) is 5.41 Å². The minimum absolute atomic E-state index is 0.291. The summed E-state index contributed by atoms with van der Waals surface area (Å²) in [6, 6.07) is 14.8. The average molecular weight is 490 g/mol. The number of nitrogens with two attached hydrogens (primary N) is 1. The van der Waals surface area contributed by atoms with Gasteiger partial charge in [-0.15, -0.1) is 11.3 Å². The van der Waals surface area contributed by atoms with Crippen LogP contribution >= 0.6 is 11.3 Å². The van der Waals surface area contributed by atoms with E-state index in [0.717, 1.165) is 26.4 Å². The summed E-state index contributed by atoms with van der Waals surface area (Å²) in [7, 11) is 0. The lowest BCUT2D eigenvalue weighted by molar-refractivity contribution is 0.0935. The summed E-state index contributed by atoms with van der Waals surface area (Å²) in [5.41, 5.74) is 6.49. The van der Waals surface area contributed by atoms with Crippen molar-refractivity contribution in [2.24, 2.45) is 0 Å². The molecular formula is C24H23N7O3S. The Morgan fingerprint density at radius 2 is 2.00 bits per heavy atom. The van der Waals surface area contributed by atoms with Crippen molar-refractivity contribution in [1.29, 1.82) is 5.41 Å².